The zero-order valence-corrected chi connectivity index (χ0v) is 18.6. The summed E-state index contributed by atoms with van der Waals surface area (Å²) in [5.74, 6) is 0.350. The van der Waals surface area contributed by atoms with Crippen molar-refractivity contribution in [1.82, 2.24) is 9.66 Å². The van der Waals surface area contributed by atoms with Gasteiger partial charge in [-0.05, 0) is 40.2 Å². The summed E-state index contributed by atoms with van der Waals surface area (Å²) in [6.45, 7) is 0. The number of para-hydroxylation sites is 1. The molecule has 0 unspecified atom stereocenters. The van der Waals surface area contributed by atoms with E-state index in [2.05, 4.69) is 26.0 Å². The molecule has 2 heterocycles. The zero-order chi connectivity index (χ0) is 21.5. The molecule has 0 amide bonds. The maximum atomic E-state index is 13.2. The molecule has 0 aliphatic rings. The van der Waals surface area contributed by atoms with E-state index in [4.69, 9.17) is 4.42 Å². The van der Waals surface area contributed by atoms with E-state index in [9.17, 15) is 18.0 Å². The molecule has 0 saturated carbocycles. The van der Waals surface area contributed by atoms with Crippen molar-refractivity contribution in [2.24, 2.45) is 5.10 Å². The van der Waals surface area contributed by atoms with Crippen molar-refractivity contribution in [1.29, 1.82) is 0 Å². The molecule has 4 rings (SSSR count). The van der Waals surface area contributed by atoms with E-state index in [0.29, 0.717) is 24.9 Å². The summed E-state index contributed by atoms with van der Waals surface area (Å²) in [5, 5.41) is 4.46. The summed E-state index contributed by atoms with van der Waals surface area (Å²) in [6.07, 6.45) is -3.22. The first-order valence-electron chi connectivity index (χ1n) is 8.42. The maximum absolute atomic E-state index is 13.2. The molecule has 0 bridgehead atoms. The van der Waals surface area contributed by atoms with Crippen LogP contribution in [0.4, 0.5) is 13.2 Å². The van der Waals surface area contributed by atoms with Gasteiger partial charge in [0.2, 0.25) is 0 Å². The van der Waals surface area contributed by atoms with Crippen LogP contribution in [0.2, 0.25) is 0 Å². The van der Waals surface area contributed by atoms with Crippen molar-refractivity contribution in [3.8, 4) is 11.4 Å². The number of rotatable bonds is 3. The van der Waals surface area contributed by atoms with Crippen LogP contribution in [0.3, 0.4) is 0 Å². The van der Waals surface area contributed by atoms with Gasteiger partial charge in [0.05, 0.1) is 27.2 Å². The van der Waals surface area contributed by atoms with Crippen molar-refractivity contribution >= 4 is 55.6 Å². The van der Waals surface area contributed by atoms with E-state index in [1.165, 1.54) is 18.3 Å². The molecule has 0 spiro atoms. The fourth-order valence-electron chi connectivity index (χ4n) is 2.79. The summed E-state index contributed by atoms with van der Waals surface area (Å²) >= 11 is 5.30. The molecule has 4 aromatic rings. The van der Waals surface area contributed by atoms with E-state index in [0.717, 1.165) is 16.8 Å². The third-order valence-electron chi connectivity index (χ3n) is 4.17. The standard InChI is InChI=1S/C20H10BrF3IN3O2/c21-15-9-13(30-17(15)25)10-26-28-18(11-4-3-5-12(8-11)20(22,23)24)27-16-7-2-1-6-14(16)19(28)29/h1-10H. The van der Waals surface area contributed by atoms with E-state index >= 15 is 0 Å². The second kappa shape index (κ2) is 7.99. The van der Waals surface area contributed by atoms with Gasteiger partial charge in [-0.15, -0.1) is 0 Å². The average molecular weight is 588 g/mol. The van der Waals surface area contributed by atoms with Gasteiger partial charge in [0.1, 0.15) is 5.76 Å². The van der Waals surface area contributed by atoms with E-state index in [1.807, 2.05) is 22.6 Å². The van der Waals surface area contributed by atoms with Gasteiger partial charge in [-0.2, -0.15) is 22.9 Å². The Bertz CT molecular complexity index is 1330. The van der Waals surface area contributed by atoms with Gasteiger partial charge in [-0.3, -0.25) is 4.79 Å². The van der Waals surface area contributed by atoms with Crippen LogP contribution in [-0.2, 0) is 6.18 Å². The van der Waals surface area contributed by atoms with Crippen LogP contribution in [0.25, 0.3) is 22.3 Å². The number of hydrogen-bond acceptors (Lipinski definition) is 4. The van der Waals surface area contributed by atoms with Crippen LogP contribution in [0.1, 0.15) is 11.3 Å². The van der Waals surface area contributed by atoms with Crippen LogP contribution < -0.4 is 5.56 Å². The Morgan fingerprint density at radius 1 is 1.13 bits per heavy atom. The van der Waals surface area contributed by atoms with Crippen molar-refractivity contribution in [3.63, 3.8) is 0 Å². The maximum Gasteiger partial charge on any atom is 0.416 e. The monoisotopic (exact) mass is 587 g/mol. The summed E-state index contributed by atoms with van der Waals surface area (Å²) in [4.78, 5) is 17.4. The highest BCUT2D eigenvalue weighted by molar-refractivity contribution is 14.1. The van der Waals surface area contributed by atoms with Gasteiger partial charge in [0, 0.05) is 34.2 Å². The predicted molar refractivity (Wildman–Crippen MR) is 119 cm³/mol. The fraction of sp³-hybridized carbons (Fsp3) is 0.0500. The normalized spacial score (nSPS) is 12.2. The Hall–Kier alpha value is -2.47. The second-order valence-corrected chi connectivity index (χ2v) is 8.00. The average Bonchev–Trinajstić information content (AvgIpc) is 3.04. The Morgan fingerprint density at radius 2 is 1.90 bits per heavy atom. The molecule has 0 atom stereocenters. The zero-order valence-electron chi connectivity index (χ0n) is 14.8. The molecule has 0 N–H and O–H groups in total. The minimum absolute atomic E-state index is 0.0126. The predicted octanol–water partition coefficient (Wildman–Crippen LogP) is 5.92. The highest BCUT2D eigenvalue weighted by atomic mass is 127. The van der Waals surface area contributed by atoms with Crippen LogP contribution in [0.5, 0.6) is 0 Å². The Morgan fingerprint density at radius 3 is 2.60 bits per heavy atom. The Balaban J connectivity index is 1.94. The molecule has 5 nitrogen and oxygen atoms in total. The highest BCUT2D eigenvalue weighted by Gasteiger charge is 2.30. The molecule has 2 aromatic heterocycles. The van der Waals surface area contributed by atoms with Crippen LogP contribution in [0, 0.1) is 3.77 Å². The van der Waals surface area contributed by atoms with Crippen LogP contribution >= 0.6 is 38.5 Å². The Kier molecular flexibility index (Phi) is 5.53. The number of furan rings is 1. The van der Waals surface area contributed by atoms with Gasteiger partial charge in [0.15, 0.2) is 9.59 Å². The minimum atomic E-state index is -4.53. The fourth-order valence-corrected chi connectivity index (χ4v) is 3.51. The number of nitrogens with zero attached hydrogens (tertiary/aromatic N) is 3. The Labute approximate surface area is 189 Å². The highest BCUT2D eigenvalue weighted by Crippen LogP contribution is 2.32. The summed E-state index contributed by atoms with van der Waals surface area (Å²) in [6, 6.07) is 12.8. The lowest BCUT2D eigenvalue weighted by Gasteiger charge is -2.11. The molecule has 0 aliphatic heterocycles. The molecule has 0 fully saturated rings. The topological polar surface area (TPSA) is 60.4 Å². The smallest absolute Gasteiger partial charge is 0.416 e. The SMILES string of the molecule is O=c1c2ccccc2nc(-c2cccc(C(F)(F)F)c2)n1N=Cc1cc(Br)c(I)o1. The number of hydrogen-bond donors (Lipinski definition) is 0. The van der Waals surface area contributed by atoms with E-state index < -0.39 is 17.3 Å². The first-order valence-corrected chi connectivity index (χ1v) is 10.3. The van der Waals surface area contributed by atoms with Crippen LogP contribution in [-0.4, -0.2) is 15.9 Å². The van der Waals surface area contributed by atoms with E-state index in [1.54, 1.807) is 30.3 Å². The first kappa shape index (κ1) is 20.8. The summed E-state index contributed by atoms with van der Waals surface area (Å²) in [7, 11) is 0. The number of halogens is 5. The number of fused-ring (bicyclic) bond motifs is 1. The third kappa shape index (κ3) is 4.06. The lowest BCUT2D eigenvalue weighted by molar-refractivity contribution is -0.137. The van der Waals surface area contributed by atoms with Gasteiger partial charge in [0.25, 0.3) is 5.56 Å². The lowest BCUT2D eigenvalue weighted by Crippen LogP contribution is -2.20. The summed E-state index contributed by atoms with van der Waals surface area (Å²) < 4.78 is 47.3. The minimum Gasteiger partial charge on any atom is -0.448 e. The summed E-state index contributed by atoms with van der Waals surface area (Å²) in [5.41, 5.74) is -0.885. The number of alkyl halides is 3. The molecular formula is C20H10BrF3IN3O2. The van der Waals surface area contributed by atoms with E-state index in [-0.39, 0.29) is 11.4 Å². The molecule has 10 heteroatoms. The number of aromatic nitrogens is 2. The molecule has 0 saturated heterocycles. The molecule has 2 aromatic carbocycles. The quantitative estimate of drug-likeness (QED) is 0.221. The van der Waals surface area contributed by atoms with Gasteiger partial charge in [-0.1, -0.05) is 24.3 Å². The molecule has 30 heavy (non-hydrogen) atoms. The van der Waals surface area contributed by atoms with Crippen molar-refractivity contribution in [2.75, 3.05) is 0 Å². The molecule has 0 aliphatic carbocycles. The van der Waals surface area contributed by atoms with Crippen molar-refractivity contribution in [3.05, 3.63) is 84.5 Å². The number of benzene rings is 2. The second-order valence-electron chi connectivity index (χ2n) is 6.16. The van der Waals surface area contributed by atoms with Gasteiger partial charge in [-0.25, -0.2) is 4.98 Å². The van der Waals surface area contributed by atoms with Gasteiger partial charge < -0.3 is 4.42 Å². The lowest BCUT2D eigenvalue weighted by atomic mass is 10.1. The molecule has 0 radical (unpaired) electrons. The largest absolute Gasteiger partial charge is 0.448 e. The molecular weight excluding hydrogens is 578 g/mol. The van der Waals surface area contributed by atoms with Crippen molar-refractivity contribution in [2.45, 2.75) is 6.18 Å². The van der Waals surface area contributed by atoms with Gasteiger partial charge >= 0.3 is 6.18 Å². The van der Waals surface area contributed by atoms with Crippen molar-refractivity contribution < 1.29 is 17.6 Å². The first-order chi connectivity index (χ1) is 14.2. The van der Waals surface area contributed by atoms with Crippen LogP contribution in [0.15, 0.2) is 73.4 Å². The molecule has 152 valence electrons. The third-order valence-corrected chi connectivity index (χ3v) is 6.30.